The molecule has 1 aliphatic rings. The summed E-state index contributed by atoms with van der Waals surface area (Å²) in [6.45, 7) is 0.880. The topological polar surface area (TPSA) is 84.3 Å². The normalized spacial score (nSPS) is 16.9. The van der Waals surface area contributed by atoms with Crippen LogP contribution in [0, 0.1) is 11.7 Å². The first kappa shape index (κ1) is 23.2. The summed E-state index contributed by atoms with van der Waals surface area (Å²) in [6.07, 6.45) is 2.78. The fraction of sp³-hybridized carbons (Fsp3) is 0.231. The van der Waals surface area contributed by atoms with Crippen molar-refractivity contribution in [2.45, 2.75) is 24.3 Å². The molecule has 3 aromatic carbocycles. The van der Waals surface area contributed by atoms with Crippen LogP contribution >= 0.6 is 0 Å². The minimum absolute atomic E-state index is 0.0214. The molecule has 180 valence electrons. The number of nitrogens with zero attached hydrogens (tertiary/aromatic N) is 3. The fourth-order valence-electron chi connectivity index (χ4n) is 4.52. The molecule has 1 aromatic heterocycles. The van der Waals surface area contributed by atoms with E-state index in [1.807, 2.05) is 24.3 Å². The molecular formula is C26H25FN4O3S. The Morgan fingerprint density at radius 2 is 1.80 bits per heavy atom. The molecular weight excluding hydrogens is 467 g/mol. The number of fused-ring (bicyclic) bond motifs is 1. The number of halogens is 1. The standard InChI is InChI=1S/C26H25FN4O3S/c27-22-10-12-23(13-11-22)35(33,34)30-16-4-8-21(17-30)26(32)29-25-14-15-28-31(25)18-20-7-3-6-19-5-1-2-9-24(19)20/h1-3,5-7,9-15,21H,4,8,16-18H2,(H,29,32). The van der Waals surface area contributed by atoms with E-state index in [0.29, 0.717) is 31.7 Å². The summed E-state index contributed by atoms with van der Waals surface area (Å²) in [6, 6.07) is 20.7. The molecule has 1 amide bonds. The number of nitrogens with one attached hydrogen (secondary N) is 1. The van der Waals surface area contributed by atoms with E-state index < -0.39 is 21.8 Å². The van der Waals surface area contributed by atoms with Crippen molar-refractivity contribution in [3.8, 4) is 0 Å². The van der Waals surface area contributed by atoms with Gasteiger partial charge in [0.2, 0.25) is 15.9 Å². The molecule has 2 heterocycles. The Balaban J connectivity index is 1.30. The van der Waals surface area contributed by atoms with E-state index in [1.54, 1.807) is 16.9 Å². The predicted octanol–water partition coefficient (Wildman–Crippen LogP) is 4.26. The Hall–Kier alpha value is -3.56. The average Bonchev–Trinajstić information content (AvgIpc) is 3.31. The summed E-state index contributed by atoms with van der Waals surface area (Å²) in [7, 11) is -3.81. The summed E-state index contributed by atoms with van der Waals surface area (Å²) >= 11 is 0. The third-order valence-electron chi connectivity index (χ3n) is 6.37. The third kappa shape index (κ3) is 4.82. The largest absolute Gasteiger partial charge is 0.311 e. The van der Waals surface area contributed by atoms with Gasteiger partial charge in [-0.25, -0.2) is 17.5 Å². The third-order valence-corrected chi connectivity index (χ3v) is 8.25. The number of benzene rings is 3. The van der Waals surface area contributed by atoms with Gasteiger partial charge in [-0.15, -0.1) is 0 Å². The molecule has 1 aliphatic heterocycles. The lowest BCUT2D eigenvalue weighted by Crippen LogP contribution is -2.43. The number of carbonyl (C=O) groups is 1. The van der Waals surface area contributed by atoms with Crippen molar-refractivity contribution in [3.05, 3.63) is 90.4 Å². The zero-order valence-electron chi connectivity index (χ0n) is 19.0. The second-order valence-corrected chi connectivity index (χ2v) is 10.6. The van der Waals surface area contributed by atoms with Gasteiger partial charge < -0.3 is 5.32 Å². The van der Waals surface area contributed by atoms with Crippen LogP contribution in [0.3, 0.4) is 0 Å². The molecule has 0 spiro atoms. The van der Waals surface area contributed by atoms with E-state index in [2.05, 4.69) is 28.6 Å². The van der Waals surface area contributed by atoms with Crippen LogP contribution < -0.4 is 5.32 Å². The van der Waals surface area contributed by atoms with Crippen LogP contribution in [0.2, 0.25) is 0 Å². The highest BCUT2D eigenvalue weighted by atomic mass is 32.2. The van der Waals surface area contributed by atoms with Crippen molar-refractivity contribution in [3.63, 3.8) is 0 Å². The lowest BCUT2D eigenvalue weighted by atomic mass is 9.99. The molecule has 1 unspecified atom stereocenters. The van der Waals surface area contributed by atoms with Crippen molar-refractivity contribution in [2.24, 2.45) is 5.92 Å². The molecule has 9 heteroatoms. The number of sulfonamides is 1. The molecule has 4 aromatic rings. The first-order chi connectivity index (χ1) is 16.9. The molecule has 0 aliphatic carbocycles. The van der Waals surface area contributed by atoms with Gasteiger partial charge in [-0.1, -0.05) is 42.5 Å². The molecule has 7 nitrogen and oxygen atoms in total. The van der Waals surface area contributed by atoms with E-state index in [9.17, 15) is 17.6 Å². The van der Waals surface area contributed by atoms with E-state index >= 15 is 0 Å². The van der Waals surface area contributed by atoms with Crippen molar-refractivity contribution < 1.29 is 17.6 Å². The summed E-state index contributed by atoms with van der Waals surface area (Å²) in [5.74, 6) is -0.690. The van der Waals surface area contributed by atoms with Crippen LogP contribution in [0.25, 0.3) is 10.8 Å². The zero-order valence-corrected chi connectivity index (χ0v) is 19.8. The molecule has 1 atom stereocenters. The average molecular weight is 493 g/mol. The molecule has 0 bridgehead atoms. The van der Waals surface area contributed by atoms with E-state index in [4.69, 9.17) is 0 Å². The number of hydrogen-bond donors (Lipinski definition) is 1. The van der Waals surface area contributed by atoms with Gasteiger partial charge in [0, 0.05) is 19.2 Å². The highest BCUT2D eigenvalue weighted by Crippen LogP contribution is 2.26. The number of piperidine rings is 1. The lowest BCUT2D eigenvalue weighted by molar-refractivity contribution is -0.120. The molecule has 1 N–H and O–H groups in total. The summed E-state index contributed by atoms with van der Waals surface area (Å²) in [5.41, 5.74) is 1.08. The van der Waals surface area contributed by atoms with Gasteiger partial charge in [0.1, 0.15) is 11.6 Å². The Labute approximate surface area is 203 Å². The summed E-state index contributed by atoms with van der Waals surface area (Å²) in [5, 5.41) is 9.57. The maximum absolute atomic E-state index is 13.2. The Morgan fingerprint density at radius 1 is 1.03 bits per heavy atom. The highest BCUT2D eigenvalue weighted by molar-refractivity contribution is 7.89. The van der Waals surface area contributed by atoms with Gasteiger partial charge in [-0.2, -0.15) is 9.40 Å². The van der Waals surface area contributed by atoms with Crippen LogP contribution in [0.15, 0.2) is 83.9 Å². The number of rotatable bonds is 6. The van der Waals surface area contributed by atoms with Crippen molar-refractivity contribution in [1.29, 1.82) is 0 Å². The van der Waals surface area contributed by atoms with Crippen LogP contribution in [0.1, 0.15) is 18.4 Å². The second-order valence-electron chi connectivity index (χ2n) is 8.66. The van der Waals surface area contributed by atoms with Crippen LogP contribution in [0.4, 0.5) is 10.2 Å². The summed E-state index contributed by atoms with van der Waals surface area (Å²) in [4.78, 5) is 13.1. The van der Waals surface area contributed by atoms with Gasteiger partial charge in [-0.3, -0.25) is 4.79 Å². The van der Waals surface area contributed by atoms with Gasteiger partial charge in [0.25, 0.3) is 0 Å². The maximum atomic E-state index is 13.2. The molecule has 5 rings (SSSR count). The maximum Gasteiger partial charge on any atom is 0.243 e. The molecule has 1 saturated heterocycles. The smallest absolute Gasteiger partial charge is 0.243 e. The van der Waals surface area contributed by atoms with Gasteiger partial charge in [0.15, 0.2) is 0 Å². The van der Waals surface area contributed by atoms with Crippen LogP contribution in [-0.4, -0.2) is 41.5 Å². The van der Waals surface area contributed by atoms with E-state index in [1.165, 1.54) is 16.4 Å². The minimum Gasteiger partial charge on any atom is -0.311 e. The number of aromatic nitrogens is 2. The van der Waals surface area contributed by atoms with Crippen LogP contribution in [0.5, 0.6) is 0 Å². The van der Waals surface area contributed by atoms with E-state index in [-0.39, 0.29) is 17.3 Å². The first-order valence-corrected chi connectivity index (χ1v) is 12.9. The number of hydrogen-bond acceptors (Lipinski definition) is 4. The van der Waals surface area contributed by atoms with Crippen molar-refractivity contribution in [1.82, 2.24) is 14.1 Å². The molecule has 0 saturated carbocycles. The Kier molecular flexibility index (Phi) is 6.36. The van der Waals surface area contributed by atoms with Crippen LogP contribution in [-0.2, 0) is 21.4 Å². The monoisotopic (exact) mass is 492 g/mol. The Bertz CT molecular complexity index is 1460. The quantitative estimate of drug-likeness (QED) is 0.436. The number of carbonyl (C=O) groups excluding carboxylic acids is 1. The SMILES string of the molecule is O=C(Nc1ccnn1Cc1cccc2ccccc12)C1CCCN(S(=O)(=O)c2ccc(F)cc2)C1. The van der Waals surface area contributed by atoms with Gasteiger partial charge in [0.05, 0.1) is 23.6 Å². The summed E-state index contributed by atoms with van der Waals surface area (Å²) < 4.78 is 42.3. The fourth-order valence-corrected chi connectivity index (χ4v) is 6.04. The van der Waals surface area contributed by atoms with Gasteiger partial charge >= 0.3 is 0 Å². The van der Waals surface area contributed by atoms with Gasteiger partial charge in [-0.05, 0) is 53.4 Å². The number of amides is 1. The lowest BCUT2D eigenvalue weighted by Gasteiger charge is -2.31. The van der Waals surface area contributed by atoms with E-state index in [0.717, 1.165) is 28.5 Å². The number of anilines is 1. The predicted molar refractivity (Wildman–Crippen MR) is 132 cm³/mol. The molecule has 1 fully saturated rings. The highest BCUT2D eigenvalue weighted by Gasteiger charge is 2.33. The van der Waals surface area contributed by atoms with Crippen molar-refractivity contribution in [2.75, 3.05) is 18.4 Å². The second kappa shape index (κ2) is 9.59. The first-order valence-electron chi connectivity index (χ1n) is 11.5. The minimum atomic E-state index is -3.81. The van der Waals surface area contributed by atoms with Crippen molar-refractivity contribution >= 4 is 32.5 Å². The molecule has 35 heavy (non-hydrogen) atoms. The Morgan fingerprint density at radius 3 is 2.63 bits per heavy atom. The zero-order chi connectivity index (χ0) is 24.4. The molecule has 0 radical (unpaired) electrons.